The van der Waals surface area contributed by atoms with E-state index in [0.717, 1.165) is 5.56 Å². The lowest BCUT2D eigenvalue weighted by atomic mass is 10.0. The van der Waals surface area contributed by atoms with E-state index in [1.165, 1.54) is 31.8 Å². The van der Waals surface area contributed by atoms with Gasteiger partial charge in [-0.1, -0.05) is 0 Å². The minimum Gasteiger partial charge on any atom is -0.326 e. The number of carbonyl (C=O) groups excluding carboxylic acids is 1. The third-order valence-electron chi connectivity index (χ3n) is 5.34. The molecule has 1 saturated heterocycles. The van der Waals surface area contributed by atoms with E-state index in [4.69, 9.17) is 0 Å². The normalized spacial score (nSPS) is 19.2. The zero-order chi connectivity index (χ0) is 21.5. The molecule has 12 heteroatoms. The summed E-state index contributed by atoms with van der Waals surface area (Å²) in [6.45, 7) is 0.599. The van der Waals surface area contributed by atoms with Gasteiger partial charge in [0, 0.05) is 51.5 Å². The summed E-state index contributed by atoms with van der Waals surface area (Å²) in [5.74, 6) is -0.0828. The molecule has 2 aliphatic heterocycles. The number of carbonyl (C=O) groups is 1. The Bertz CT molecular complexity index is 1190. The lowest BCUT2D eigenvalue weighted by Crippen LogP contribution is -2.37. The van der Waals surface area contributed by atoms with Gasteiger partial charge in [0.25, 0.3) is 0 Å². The molecule has 162 valence electrons. The van der Waals surface area contributed by atoms with Gasteiger partial charge in [0.15, 0.2) is 0 Å². The fraction of sp³-hybridized carbons (Fsp3) is 0.444. The molecule has 0 saturated carbocycles. The number of aryl methyl sites for hydroxylation is 2. The summed E-state index contributed by atoms with van der Waals surface area (Å²) in [4.78, 5) is 11.8. The van der Waals surface area contributed by atoms with Crippen LogP contribution in [0.4, 0.5) is 5.69 Å². The lowest BCUT2D eigenvalue weighted by Gasteiger charge is -2.23. The van der Waals surface area contributed by atoms with Crippen molar-refractivity contribution < 1.29 is 21.6 Å². The zero-order valence-electron chi connectivity index (χ0n) is 16.5. The average molecular weight is 454 g/mol. The van der Waals surface area contributed by atoms with Gasteiger partial charge in [-0.15, -0.1) is 0 Å². The second kappa shape index (κ2) is 7.76. The first-order chi connectivity index (χ1) is 14.2. The van der Waals surface area contributed by atoms with Crippen molar-refractivity contribution in [2.24, 2.45) is 7.05 Å². The van der Waals surface area contributed by atoms with Crippen LogP contribution < -0.4 is 5.32 Å². The van der Waals surface area contributed by atoms with Crippen LogP contribution in [-0.4, -0.2) is 67.3 Å². The van der Waals surface area contributed by atoms with Crippen LogP contribution in [0.2, 0.25) is 0 Å². The van der Waals surface area contributed by atoms with Gasteiger partial charge in [0.05, 0.1) is 11.1 Å². The molecule has 1 N–H and O–H groups in total. The summed E-state index contributed by atoms with van der Waals surface area (Å²) in [6, 6.07) is 4.68. The van der Waals surface area contributed by atoms with Crippen LogP contribution in [0.3, 0.4) is 0 Å². The van der Waals surface area contributed by atoms with Crippen molar-refractivity contribution in [3.8, 4) is 0 Å². The number of nitrogens with one attached hydrogen (secondary N) is 1. The maximum Gasteiger partial charge on any atom is 0.246 e. The van der Waals surface area contributed by atoms with Crippen molar-refractivity contribution in [1.29, 1.82) is 0 Å². The molecule has 1 aromatic carbocycles. The van der Waals surface area contributed by atoms with Crippen LogP contribution in [0.5, 0.6) is 0 Å². The Balaban J connectivity index is 1.53. The summed E-state index contributed by atoms with van der Waals surface area (Å²) < 4.78 is 56.1. The molecular weight excluding hydrogens is 430 g/mol. The van der Waals surface area contributed by atoms with Crippen LogP contribution in [0.25, 0.3) is 0 Å². The minimum absolute atomic E-state index is 0.0651. The number of hydrogen-bond donors (Lipinski definition) is 1. The second-order valence-electron chi connectivity index (χ2n) is 7.38. The number of aromatic nitrogens is 2. The van der Waals surface area contributed by atoms with Crippen LogP contribution in [0.1, 0.15) is 18.4 Å². The molecule has 1 amide bonds. The molecular formula is C18H23N5O5S2. The number of fused-ring (bicyclic) bond motifs is 1. The largest absolute Gasteiger partial charge is 0.326 e. The van der Waals surface area contributed by atoms with Crippen LogP contribution in [-0.2, 0) is 38.3 Å². The zero-order valence-corrected chi connectivity index (χ0v) is 18.1. The minimum atomic E-state index is -3.78. The third kappa shape index (κ3) is 3.87. The van der Waals surface area contributed by atoms with Gasteiger partial charge in [-0.2, -0.15) is 13.7 Å². The number of anilines is 1. The van der Waals surface area contributed by atoms with Gasteiger partial charge in [-0.05, 0) is 36.6 Å². The van der Waals surface area contributed by atoms with E-state index >= 15 is 0 Å². The Hall–Kier alpha value is -2.28. The van der Waals surface area contributed by atoms with Gasteiger partial charge >= 0.3 is 0 Å². The summed E-state index contributed by atoms with van der Waals surface area (Å²) in [5.41, 5.74) is 1.42. The first-order valence-corrected chi connectivity index (χ1v) is 12.5. The number of nitrogens with zero attached hydrogens (tertiary/aromatic N) is 4. The monoisotopic (exact) mass is 453 g/mol. The molecule has 2 aromatic rings. The number of hydrogen-bond acceptors (Lipinski definition) is 6. The highest BCUT2D eigenvalue weighted by Crippen LogP contribution is 2.28. The van der Waals surface area contributed by atoms with Gasteiger partial charge in [0.2, 0.25) is 26.0 Å². The average Bonchev–Trinajstić information content (AvgIpc) is 2.99. The molecule has 2 aliphatic rings. The van der Waals surface area contributed by atoms with E-state index in [2.05, 4.69) is 10.4 Å². The summed E-state index contributed by atoms with van der Waals surface area (Å²) in [7, 11) is -5.87. The van der Waals surface area contributed by atoms with Crippen LogP contribution in [0, 0.1) is 0 Å². The second-order valence-corrected chi connectivity index (χ2v) is 11.3. The molecule has 0 aliphatic carbocycles. The summed E-state index contributed by atoms with van der Waals surface area (Å²) >= 11 is 0. The maximum absolute atomic E-state index is 13.2. The Morgan fingerprint density at radius 1 is 0.933 bits per heavy atom. The van der Waals surface area contributed by atoms with E-state index in [1.54, 1.807) is 19.2 Å². The molecule has 30 heavy (non-hydrogen) atoms. The highest BCUT2D eigenvalue weighted by atomic mass is 32.2. The van der Waals surface area contributed by atoms with Crippen molar-refractivity contribution in [3.05, 3.63) is 36.2 Å². The lowest BCUT2D eigenvalue weighted by molar-refractivity contribution is -0.116. The van der Waals surface area contributed by atoms with Gasteiger partial charge in [0.1, 0.15) is 4.90 Å². The molecule has 4 rings (SSSR count). The molecule has 0 spiro atoms. The molecule has 0 atom stereocenters. The van der Waals surface area contributed by atoms with Crippen LogP contribution in [0.15, 0.2) is 40.4 Å². The highest BCUT2D eigenvalue weighted by molar-refractivity contribution is 7.89. The van der Waals surface area contributed by atoms with Gasteiger partial charge in [-0.3, -0.25) is 9.48 Å². The van der Waals surface area contributed by atoms with Crippen molar-refractivity contribution in [2.45, 2.75) is 29.1 Å². The van der Waals surface area contributed by atoms with E-state index in [1.807, 2.05) is 0 Å². The predicted octanol–water partition coefficient (Wildman–Crippen LogP) is 0.390. The molecule has 0 radical (unpaired) electrons. The first kappa shape index (κ1) is 21.0. The molecule has 0 unspecified atom stereocenters. The quantitative estimate of drug-likeness (QED) is 0.715. The number of rotatable bonds is 4. The smallest absolute Gasteiger partial charge is 0.246 e. The Morgan fingerprint density at radius 3 is 2.23 bits per heavy atom. The van der Waals surface area contributed by atoms with Gasteiger partial charge < -0.3 is 5.32 Å². The molecule has 1 aromatic heterocycles. The number of amides is 1. The van der Waals surface area contributed by atoms with Crippen molar-refractivity contribution in [2.75, 3.05) is 31.5 Å². The van der Waals surface area contributed by atoms with E-state index in [-0.39, 0.29) is 41.9 Å². The Kier molecular flexibility index (Phi) is 5.43. The van der Waals surface area contributed by atoms with E-state index < -0.39 is 20.0 Å². The highest BCUT2D eigenvalue weighted by Gasteiger charge is 2.32. The fourth-order valence-electron chi connectivity index (χ4n) is 3.70. The molecule has 10 nitrogen and oxygen atoms in total. The standard InChI is InChI=1S/C18H23N5O5S2/c1-21-13-16(12-19-21)30(27,28)23-8-2-7-22(9-10-23)29(25,26)15-4-5-17-14(11-15)3-6-18(24)20-17/h4-5,11-13H,2-3,6-10H2,1H3,(H,20,24). The van der Waals surface area contributed by atoms with Crippen molar-refractivity contribution >= 4 is 31.6 Å². The number of benzene rings is 1. The molecule has 0 bridgehead atoms. The Morgan fingerprint density at radius 2 is 1.60 bits per heavy atom. The third-order valence-corrected chi connectivity index (χ3v) is 9.09. The van der Waals surface area contributed by atoms with Crippen molar-refractivity contribution in [1.82, 2.24) is 18.4 Å². The summed E-state index contributed by atoms with van der Waals surface area (Å²) in [5, 5.41) is 6.65. The molecule has 1 fully saturated rings. The fourth-order valence-corrected chi connectivity index (χ4v) is 6.68. The topological polar surface area (TPSA) is 122 Å². The predicted molar refractivity (Wildman–Crippen MR) is 109 cm³/mol. The number of sulfonamides is 2. The molecule has 3 heterocycles. The SMILES string of the molecule is Cn1cc(S(=O)(=O)N2CCCN(S(=O)(=O)c3ccc4c(c3)CCC(=O)N4)CC2)cn1. The van der Waals surface area contributed by atoms with E-state index in [0.29, 0.717) is 24.9 Å². The van der Waals surface area contributed by atoms with Gasteiger partial charge in [-0.25, -0.2) is 16.8 Å². The first-order valence-electron chi connectivity index (χ1n) is 9.60. The maximum atomic E-state index is 13.2. The van der Waals surface area contributed by atoms with Crippen molar-refractivity contribution in [3.63, 3.8) is 0 Å². The Labute approximate surface area is 175 Å². The summed E-state index contributed by atoms with van der Waals surface area (Å²) in [6.07, 6.45) is 3.92. The van der Waals surface area contributed by atoms with Crippen LogP contribution >= 0.6 is 0 Å². The van der Waals surface area contributed by atoms with E-state index in [9.17, 15) is 21.6 Å².